The summed E-state index contributed by atoms with van der Waals surface area (Å²) in [7, 11) is 0. The molecular formula is C7H5BrF5NS. The van der Waals surface area contributed by atoms with Crippen molar-refractivity contribution in [2.75, 3.05) is 0 Å². The van der Waals surface area contributed by atoms with Crippen molar-refractivity contribution in [3.05, 3.63) is 20.8 Å². The molecule has 8 heteroatoms. The van der Waals surface area contributed by atoms with Crippen molar-refractivity contribution in [3.63, 3.8) is 0 Å². The molecule has 1 aromatic heterocycles. The van der Waals surface area contributed by atoms with Gasteiger partial charge >= 0.3 is 12.1 Å². The van der Waals surface area contributed by atoms with Gasteiger partial charge in [0.15, 0.2) is 0 Å². The third-order valence-electron chi connectivity index (χ3n) is 1.70. The lowest BCUT2D eigenvalue weighted by Gasteiger charge is -2.25. The fraction of sp³-hybridized carbons (Fsp3) is 0.429. The van der Waals surface area contributed by atoms with E-state index < -0.39 is 18.1 Å². The van der Waals surface area contributed by atoms with Crippen molar-refractivity contribution in [1.82, 2.24) is 0 Å². The fourth-order valence-corrected chi connectivity index (χ4v) is 2.53. The van der Waals surface area contributed by atoms with E-state index in [-0.39, 0.29) is 9.35 Å². The minimum absolute atomic E-state index is 0.156. The van der Waals surface area contributed by atoms with Crippen LogP contribution in [-0.4, -0.2) is 12.1 Å². The molecule has 0 saturated heterocycles. The molecule has 0 spiro atoms. The normalized spacial score (nSPS) is 15.4. The molecule has 0 aliphatic heterocycles. The average molecular weight is 310 g/mol. The van der Waals surface area contributed by atoms with E-state index in [1.54, 1.807) is 0 Å². The Kier molecular flexibility index (Phi) is 3.42. The lowest BCUT2D eigenvalue weighted by atomic mass is 10.1. The predicted molar refractivity (Wildman–Crippen MR) is 49.9 cm³/mol. The van der Waals surface area contributed by atoms with Crippen molar-refractivity contribution < 1.29 is 22.0 Å². The number of alkyl halides is 5. The Bertz CT molecular complexity index is 347. The molecule has 1 nitrogen and oxygen atoms in total. The second-order valence-electron chi connectivity index (χ2n) is 2.73. The number of rotatable bonds is 2. The minimum atomic E-state index is -5.64. The molecule has 0 saturated carbocycles. The SMILES string of the molecule is NC(c1sccc1Br)C(F)(F)C(F)(F)F. The van der Waals surface area contributed by atoms with E-state index in [1.807, 2.05) is 0 Å². The number of hydrogen-bond acceptors (Lipinski definition) is 2. The number of nitrogens with two attached hydrogens (primary N) is 1. The maximum Gasteiger partial charge on any atom is 0.455 e. The van der Waals surface area contributed by atoms with Crippen molar-refractivity contribution >= 4 is 27.3 Å². The molecule has 1 rings (SSSR count). The van der Waals surface area contributed by atoms with Gasteiger partial charge in [0, 0.05) is 9.35 Å². The molecule has 0 bridgehead atoms. The highest BCUT2D eigenvalue weighted by Crippen LogP contribution is 2.45. The van der Waals surface area contributed by atoms with Gasteiger partial charge in [-0.2, -0.15) is 22.0 Å². The van der Waals surface area contributed by atoms with Crippen LogP contribution in [0, 0.1) is 0 Å². The van der Waals surface area contributed by atoms with Crippen LogP contribution in [0.4, 0.5) is 22.0 Å². The van der Waals surface area contributed by atoms with Crippen molar-refractivity contribution in [3.8, 4) is 0 Å². The molecule has 15 heavy (non-hydrogen) atoms. The highest BCUT2D eigenvalue weighted by Gasteiger charge is 2.62. The third kappa shape index (κ3) is 2.31. The van der Waals surface area contributed by atoms with Gasteiger partial charge in [0.1, 0.15) is 6.04 Å². The first kappa shape index (κ1) is 12.9. The van der Waals surface area contributed by atoms with E-state index >= 15 is 0 Å². The largest absolute Gasteiger partial charge is 0.455 e. The molecule has 0 fully saturated rings. The zero-order valence-corrected chi connectivity index (χ0v) is 9.39. The van der Waals surface area contributed by atoms with Crippen LogP contribution in [0.5, 0.6) is 0 Å². The third-order valence-corrected chi connectivity index (χ3v) is 3.65. The average Bonchev–Trinajstić information content (AvgIpc) is 2.48. The number of thiophene rings is 1. The summed E-state index contributed by atoms with van der Waals surface area (Å²) in [4.78, 5) is -0.225. The highest BCUT2D eigenvalue weighted by atomic mass is 79.9. The summed E-state index contributed by atoms with van der Waals surface area (Å²) in [6.45, 7) is 0. The Balaban J connectivity index is 3.05. The van der Waals surface area contributed by atoms with Crippen LogP contribution in [0.2, 0.25) is 0 Å². The van der Waals surface area contributed by atoms with Crippen molar-refractivity contribution in [2.24, 2.45) is 5.73 Å². The van der Waals surface area contributed by atoms with Crippen molar-refractivity contribution in [2.45, 2.75) is 18.1 Å². The minimum Gasteiger partial charge on any atom is -0.318 e. The number of halogens is 6. The summed E-state index contributed by atoms with van der Waals surface area (Å²) in [5.41, 5.74) is 4.91. The summed E-state index contributed by atoms with van der Waals surface area (Å²) >= 11 is 3.60. The van der Waals surface area contributed by atoms with E-state index in [2.05, 4.69) is 15.9 Å². The number of hydrogen-bond donors (Lipinski definition) is 1. The van der Waals surface area contributed by atoms with Crippen molar-refractivity contribution in [1.29, 1.82) is 0 Å². The predicted octanol–water partition coefficient (Wildman–Crippen LogP) is 3.71. The second-order valence-corrected chi connectivity index (χ2v) is 4.53. The van der Waals surface area contributed by atoms with E-state index in [4.69, 9.17) is 5.73 Å². The zero-order valence-electron chi connectivity index (χ0n) is 6.99. The van der Waals surface area contributed by atoms with E-state index in [0.29, 0.717) is 0 Å². The molecule has 1 heterocycles. The van der Waals surface area contributed by atoms with Gasteiger partial charge in [-0.1, -0.05) is 0 Å². The molecule has 86 valence electrons. The van der Waals surface area contributed by atoms with Crippen LogP contribution in [0.15, 0.2) is 15.9 Å². The van der Waals surface area contributed by atoms with Crippen LogP contribution >= 0.6 is 27.3 Å². The Morgan fingerprint density at radius 3 is 2.13 bits per heavy atom. The summed E-state index contributed by atoms with van der Waals surface area (Å²) in [6, 6.07) is -1.02. The Hall–Kier alpha value is -0.210. The van der Waals surface area contributed by atoms with Crippen LogP contribution in [0.3, 0.4) is 0 Å². The molecular weight excluding hydrogens is 305 g/mol. The van der Waals surface area contributed by atoms with Gasteiger partial charge in [-0.25, -0.2) is 0 Å². The van der Waals surface area contributed by atoms with Crippen LogP contribution in [0.1, 0.15) is 10.9 Å². The summed E-state index contributed by atoms with van der Waals surface area (Å²) < 4.78 is 61.7. The molecule has 1 atom stereocenters. The molecule has 0 aliphatic carbocycles. The molecule has 0 radical (unpaired) electrons. The lowest BCUT2D eigenvalue weighted by Crippen LogP contribution is -2.45. The van der Waals surface area contributed by atoms with Gasteiger partial charge in [-0.05, 0) is 27.4 Å². The summed E-state index contributed by atoms with van der Waals surface area (Å²) in [5.74, 6) is -4.93. The summed E-state index contributed by atoms with van der Waals surface area (Å²) in [6.07, 6.45) is -5.64. The molecule has 0 amide bonds. The van der Waals surface area contributed by atoms with E-state index in [1.165, 1.54) is 11.4 Å². The smallest absolute Gasteiger partial charge is 0.318 e. The highest BCUT2D eigenvalue weighted by molar-refractivity contribution is 9.10. The quantitative estimate of drug-likeness (QED) is 0.828. The van der Waals surface area contributed by atoms with Gasteiger partial charge in [0.25, 0.3) is 0 Å². The van der Waals surface area contributed by atoms with Gasteiger partial charge in [-0.15, -0.1) is 11.3 Å². The first-order valence-electron chi connectivity index (χ1n) is 3.61. The second kappa shape index (κ2) is 3.99. The van der Waals surface area contributed by atoms with Gasteiger partial charge in [0.05, 0.1) is 0 Å². The van der Waals surface area contributed by atoms with Crippen LogP contribution in [-0.2, 0) is 0 Å². The summed E-state index contributed by atoms with van der Waals surface area (Å²) in [5, 5.41) is 1.38. The Morgan fingerprint density at radius 1 is 1.27 bits per heavy atom. The monoisotopic (exact) mass is 309 g/mol. The molecule has 1 aromatic rings. The van der Waals surface area contributed by atoms with Crippen LogP contribution < -0.4 is 5.73 Å². The molecule has 1 unspecified atom stereocenters. The van der Waals surface area contributed by atoms with Gasteiger partial charge in [-0.3, -0.25) is 0 Å². The molecule has 0 aromatic carbocycles. The Morgan fingerprint density at radius 2 is 1.80 bits per heavy atom. The maximum atomic E-state index is 12.8. The van der Waals surface area contributed by atoms with E-state index in [9.17, 15) is 22.0 Å². The Labute approximate surface area is 94.2 Å². The fourth-order valence-electron chi connectivity index (χ4n) is 0.868. The first-order valence-corrected chi connectivity index (χ1v) is 5.28. The zero-order chi connectivity index (χ0) is 11.9. The van der Waals surface area contributed by atoms with Gasteiger partial charge < -0.3 is 5.73 Å². The van der Waals surface area contributed by atoms with Gasteiger partial charge in [0.2, 0.25) is 0 Å². The van der Waals surface area contributed by atoms with E-state index in [0.717, 1.165) is 11.3 Å². The standard InChI is InChI=1S/C7H5BrF5NS/c8-3-1-2-15-4(3)5(14)6(9,10)7(11,12)13/h1-2,5H,14H2. The molecule has 2 N–H and O–H groups in total. The maximum absolute atomic E-state index is 12.8. The first-order chi connectivity index (χ1) is 6.68. The lowest BCUT2D eigenvalue weighted by molar-refractivity contribution is -0.290. The topological polar surface area (TPSA) is 26.0 Å². The van der Waals surface area contributed by atoms with Crippen LogP contribution in [0.25, 0.3) is 0 Å². The molecule has 0 aliphatic rings.